The maximum atomic E-state index is 10.6. The number of hydrogen-bond acceptors (Lipinski definition) is 4. The number of aliphatic carboxylic acids is 1. The molecule has 0 bridgehead atoms. The van der Waals surface area contributed by atoms with Gasteiger partial charge >= 0.3 is 5.97 Å². The number of halogens is 1. The Bertz CT molecular complexity index is 469. The summed E-state index contributed by atoms with van der Waals surface area (Å²) in [5, 5.41) is 36.4. The van der Waals surface area contributed by atoms with Crippen LogP contribution in [0.5, 0.6) is 0 Å². The first-order valence-corrected chi connectivity index (χ1v) is 5.09. The molecule has 3 N–H and O–H groups in total. The zero-order valence-corrected chi connectivity index (χ0v) is 9.42. The Morgan fingerprint density at radius 1 is 1.47 bits per heavy atom. The summed E-state index contributed by atoms with van der Waals surface area (Å²) in [6, 6.07) is 5.72. The Labute approximate surface area is 102 Å². The van der Waals surface area contributed by atoms with Gasteiger partial charge in [0.05, 0.1) is 12.5 Å². The topological polar surface area (TPSA) is 102 Å². The van der Waals surface area contributed by atoms with Crippen LogP contribution < -0.4 is 0 Å². The van der Waals surface area contributed by atoms with Crippen LogP contribution in [-0.2, 0) is 11.2 Å². The molecule has 0 spiro atoms. The summed E-state index contributed by atoms with van der Waals surface area (Å²) < 4.78 is 0. The SMILES string of the molecule is N#CC(O)C(O)c1ccc(Cl)cc1CC(=O)O. The van der Waals surface area contributed by atoms with Gasteiger partial charge < -0.3 is 15.3 Å². The Kier molecular flexibility index (Phi) is 4.46. The van der Waals surface area contributed by atoms with Gasteiger partial charge in [0.1, 0.15) is 6.10 Å². The molecule has 0 fully saturated rings. The van der Waals surface area contributed by atoms with Crippen LogP contribution in [0, 0.1) is 11.3 Å². The number of carbonyl (C=O) groups is 1. The van der Waals surface area contributed by atoms with Gasteiger partial charge in [-0.1, -0.05) is 17.7 Å². The summed E-state index contributed by atoms with van der Waals surface area (Å²) >= 11 is 5.72. The van der Waals surface area contributed by atoms with Gasteiger partial charge in [-0.15, -0.1) is 0 Å². The number of carboxylic acids is 1. The normalized spacial score (nSPS) is 13.8. The molecule has 0 aliphatic rings. The molecular weight excluding hydrogens is 246 g/mol. The van der Waals surface area contributed by atoms with Gasteiger partial charge in [0.15, 0.2) is 6.10 Å². The van der Waals surface area contributed by atoms with Crippen LogP contribution in [-0.4, -0.2) is 27.4 Å². The summed E-state index contributed by atoms with van der Waals surface area (Å²) in [5.74, 6) is -1.09. The monoisotopic (exact) mass is 255 g/mol. The lowest BCUT2D eigenvalue weighted by Gasteiger charge is -2.16. The molecule has 90 valence electrons. The smallest absolute Gasteiger partial charge is 0.307 e. The van der Waals surface area contributed by atoms with Crippen molar-refractivity contribution in [2.24, 2.45) is 0 Å². The highest BCUT2D eigenvalue weighted by molar-refractivity contribution is 6.30. The van der Waals surface area contributed by atoms with Crippen LogP contribution >= 0.6 is 11.6 Å². The van der Waals surface area contributed by atoms with Crippen LogP contribution in [0.3, 0.4) is 0 Å². The first-order valence-electron chi connectivity index (χ1n) is 4.71. The van der Waals surface area contributed by atoms with Gasteiger partial charge in [0, 0.05) is 5.02 Å². The molecule has 0 saturated heterocycles. The third kappa shape index (κ3) is 3.43. The van der Waals surface area contributed by atoms with E-state index in [1.54, 1.807) is 0 Å². The highest BCUT2D eigenvalue weighted by atomic mass is 35.5. The van der Waals surface area contributed by atoms with Crippen molar-refractivity contribution in [3.63, 3.8) is 0 Å². The van der Waals surface area contributed by atoms with Crippen molar-refractivity contribution >= 4 is 17.6 Å². The first-order chi connectivity index (χ1) is 7.95. The molecule has 0 aliphatic carbocycles. The second kappa shape index (κ2) is 5.64. The second-order valence-electron chi connectivity index (χ2n) is 3.43. The van der Waals surface area contributed by atoms with E-state index in [1.807, 2.05) is 0 Å². The molecule has 1 aromatic rings. The molecule has 6 heteroatoms. The van der Waals surface area contributed by atoms with E-state index in [0.29, 0.717) is 5.02 Å². The minimum atomic E-state index is -1.61. The van der Waals surface area contributed by atoms with Crippen LogP contribution in [0.4, 0.5) is 0 Å². The number of aliphatic hydroxyl groups is 2. The van der Waals surface area contributed by atoms with Crippen molar-refractivity contribution in [3.8, 4) is 6.07 Å². The van der Waals surface area contributed by atoms with E-state index in [0.717, 1.165) is 0 Å². The van der Waals surface area contributed by atoms with E-state index >= 15 is 0 Å². The molecule has 2 unspecified atom stereocenters. The van der Waals surface area contributed by atoms with Crippen molar-refractivity contribution < 1.29 is 20.1 Å². The molecule has 0 radical (unpaired) electrons. The molecule has 0 amide bonds. The van der Waals surface area contributed by atoms with E-state index < -0.39 is 18.2 Å². The lowest BCUT2D eigenvalue weighted by Crippen LogP contribution is -2.18. The lowest BCUT2D eigenvalue weighted by molar-refractivity contribution is -0.136. The number of benzene rings is 1. The van der Waals surface area contributed by atoms with Crippen molar-refractivity contribution in [1.29, 1.82) is 5.26 Å². The summed E-state index contributed by atoms with van der Waals surface area (Å²) in [6.07, 6.45) is -3.40. The highest BCUT2D eigenvalue weighted by Crippen LogP contribution is 2.24. The van der Waals surface area contributed by atoms with E-state index in [2.05, 4.69) is 0 Å². The van der Waals surface area contributed by atoms with Crippen molar-refractivity contribution in [1.82, 2.24) is 0 Å². The number of carboxylic acid groups (broad SMARTS) is 1. The van der Waals surface area contributed by atoms with Crippen LogP contribution in [0.15, 0.2) is 18.2 Å². The number of nitrogens with zero attached hydrogens (tertiary/aromatic N) is 1. The molecule has 17 heavy (non-hydrogen) atoms. The molecular formula is C11H10ClNO4. The van der Waals surface area contributed by atoms with Gasteiger partial charge in [-0.25, -0.2) is 0 Å². The van der Waals surface area contributed by atoms with E-state index in [9.17, 15) is 15.0 Å². The summed E-state index contributed by atoms with van der Waals surface area (Å²) in [5.41, 5.74) is 0.456. The van der Waals surface area contributed by atoms with Gasteiger partial charge in [-0.3, -0.25) is 4.79 Å². The standard InChI is InChI=1S/C11H10ClNO4/c12-7-1-2-8(11(17)9(14)5-13)6(3-7)4-10(15)16/h1-3,9,11,14,17H,4H2,(H,15,16). The van der Waals surface area contributed by atoms with E-state index in [4.69, 9.17) is 22.0 Å². The number of nitriles is 1. The minimum Gasteiger partial charge on any atom is -0.481 e. The van der Waals surface area contributed by atoms with Gasteiger partial charge in [0.2, 0.25) is 0 Å². The second-order valence-corrected chi connectivity index (χ2v) is 3.87. The van der Waals surface area contributed by atoms with Crippen LogP contribution in [0.1, 0.15) is 17.2 Å². The molecule has 0 aromatic heterocycles. The van der Waals surface area contributed by atoms with E-state index in [1.165, 1.54) is 24.3 Å². The maximum absolute atomic E-state index is 10.6. The Balaban J connectivity index is 3.14. The Hall–Kier alpha value is -1.61. The van der Waals surface area contributed by atoms with Crippen LogP contribution in [0.2, 0.25) is 5.02 Å². The van der Waals surface area contributed by atoms with Crippen molar-refractivity contribution in [2.75, 3.05) is 0 Å². The molecule has 1 aromatic carbocycles. The zero-order valence-electron chi connectivity index (χ0n) is 8.67. The van der Waals surface area contributed by atoms with E-state index in [-0.39, 0.29) is 17.5 Å². The summed E-state index contributed by atoms with van der Waals surface area (Å²) in [4.78, 5) is 10.6. The van der Waals surface area contributed by atoms with Crippen molar-refractivity contribution in [3.05, 3.63) is 34.3 Å². The van der Waals surface area contributed by atoms with Gasteiger partial charge in [0.25, 0.3) is 0 Å². The lowest BCUT2D eigenvalue weighted by atomic mass is 9.97. The van der Waals surface area contributed by atoms with Crippen LogP contribution in [0.25, 0.3) is 0 Å². The largest absolute Gasteiger partial charge is 0.481 e. The fourth-order valence-corrected chi connectivity index (χ4v) is 1.61. The fourth-order valence-electron chi connectivity index (χ4n) is 1.42. The van der Waals surface area contributed by atoms with Crippen molar-refractivity contribution in [2.45, 2.75) is 18.6 Å². The predicted molar refractivity (Wildman–Crippen MR) is 59.4 cm³/mol. The fraction of sp³-hybridized carbons (Fsp3) is 0.273. The predicted octanol–water partition coefficient (Wildman–Crippen LogP) is 0.885. The number of hydrogen-bond donors (Lipinski definition) is 3. The van der Waals surface area contributed by atoms with Gasteiger partial charge in [-0.2, -0.15) is 5.26 Å². The minimum absolute atomic E-state index is 0.186. The molecule has 0 heterocycles. The molecule has 2 atom stereocenters. The Morgan fingerprint density at radius 2 is 2.12 bits per heavy atom. The molecule has 0 aliphatic heterocycles. The summed E-state index contributed by atoms with van der Waals surface area (Å²) in [6.45, 7) is 0. The van der Waals surface area contributed by atoms with Gasteiger partial charge in [-0.05, 0) is 23.3 Å². The summed E-state index contributed by atoms with van der Waals surface area (Å²) in [7, 11) is 0. The third-order valence-corrected chi connectivity index (χ3v) is 2.43. The highest BCUT2D eigenvalue weighted by Gasteiger charge is 2.21. The zero-order chi connectivity index (χ0) is 13.0. The third-order valence-electron chi connectivity index (χ3n) is 2.20. The Morgan fingerprint density at radius 3 is 2.65 bits per heavy atom. The molecule has 5 nitrogen and oxygen atoms in total. The number of aliphatic hydroxyl groups excluding tert-OH is 2. The molecule has 1 rings (SSSR count). The maximum Gasteiger partial charge on any atom is 0.307 e. The number of rotatable bonds is 4. The average Bonchev–Trinajstić information content (AvgIpc) is 2.26. The quantitative estimate of drug-likeness (QED) is 0.694. The average molecular weight is 256 g/mol. The molecule has 0 saturated carbocycles. The first kappa shape index (κ1) is 13.5.